The van der Waals surface area contributed by atoms with Gasteiger partial charge in [-0.2, -0.15) is 0 Å². The maximum atomic E-state index is 6.11. The van der Waals surface area contributed by atoms with Crippen LogP contribution in [0.1, 0.15) is 22.2 Å². The highest BCUT2D eigenvalue weighted by atomic mass is 32.1. The molecule has 0 saturated heterocycles. The van der Waals surface area contributed by atoms with Gasteiger partial charge >= 0.3 is 0 Å². The number of aryl methyl sites for hydroxylation is 1. The molecule has 2 heterocycles. The summed E-state index contributed by atoms with van der Waals surface area (Å²) in [5.74, 6) is 0. The zero-order valence-electron chi connectivity index (χ0n) is 7.97. The van der Waals surface area contributed by atoms with Crippen molar-refractivity contribution >= 4 is 11.3 Å². The molecule has 0 amide bonds. The van der Waals surface area contributed by atoms with Gasteiger partial charge in [0.25, 0.3) is 0 Å². The summed E-state index contributed by atoms with van der Waals surface area (Å²) in [7, 11) is 0. The lowest BCUT2D eigenvalue weighted by molar-refractivity contribution is 0.827. The second-order valence-electron chi connectivity index (χ2n) is 3.16. The number of nitrogens with zero attached hydrogens (tertiary/aromatic N) is 1. The van der Waals surface area contributed by atoms with Crippen LogP contribution in [0.25, 0.3) is 0 Å². The van der Waals surface area contributed by atoms with Crippen LogP contribution in [-0.2, 0) is 0 Å². The first-order valence-electron chi connectivity index (χ1n) is 4.49. The minimum Gasteiger partial charge on any atom is -0.319 e. The molecule has 1 atom stereocenters. The van der Waals surface area contributed by atoms with E-state index in [0.717, 1.165) is 5.69 Å². The van der Waals surface area contributed by atoms with Crippen LogP contribution in [0.3, 0.4) is 0 Å². The topological polar surface area (TPSA) is 38.9 Å². The zero-order chi connectivity index (χ0) is 9.97. The van der Waals surface area contributed by atoms with Gasteiger partial charge < -0.3 is 5.73 Å². The van der Waals surface area contributed by atoms with E-state index in [0.29, 0.717) is 0 Å². The van der Waals surface area contributed by atoms with Gasteiger partial charge in [-0.1, -0.05) is 6.07 Å². The Morgan fingerprint density at radius 2 is 2.21 bits per heavy atom. The highest BCUT2D eigenvalue weighted by Crippen LogP contribution is 2.24. The molecule has 0 radical (unpaired) electrons. The molecular weight excluding hydrogens is 192 g/mol. The van der Waals surface area contributed by atoms with Crippen LogP contribution in [-0.4, -0.2) is 4.98 Å². The van der Waals surface area contributed by atoms with Crippen molar-refractivity contribution in [2.24, 2.45) is 5.73 Å². The fourth-order valence-electron chi connectivity index (χ4n) is 1.44. The fourth-order valence-corrected chi connectivity index (χ4v) is 2.19. The van der Waals surface area contributed by atoms with Crippen LogP contribution in [0.5, 0.6) is 0 Å². The van der Waals surface area contributed by atoms with Gasteiger partial charge in [-0.15, -0.1) is 11.3 Å². The van der Waals surface area contributed by atoms with Crippen molar-refractivity contribution in [3.63, 3.8) is 0 Å². The molecule has 3 heteroatoms. The van der Waals surface area contributed by atoms with Gasteiger partial charge in [-0.25, -0.2) is 0 Å². The van der Waals surface area contributed by atoms with E-state index < -0.39 is 0 Å². The summed E-state index contributed by atoms with van der Waals surface area (Å²) < 4.78 is 0. The van der Waals surface area contributed by atoms with Crippen molar-refractivity contribution in [3.05, 3.63) is 52.0 Å². The maximum absolute atomic E-state index is 6.11. The van der Waals surface area contributed by atoms with E-state index in [4.69, 9.17) is 5.73 Å². The molecule has 2 aromatic heterocycles. The molecule has 0 aliphatic heterocycles. The normalized spacial score (nSPS) is 12.7. The van der Waals surface area contributed by atoms with Crippen molar-refractivity contribution in [2.75, 3.05) is 0 Å². The zero-order valence-corrected chi connectivity index (χ0v) is 8.79. The molecule has 0 aliphatic carbocycles. The number of rotatable bonds is 2. The largest absolute Gasteiger partial charge is 0.319 e. The minimum atomic E-state index is -0.0950. The highest BCUT2D eigenvalue weighted by molar-refractivity contribution is 7.10. The average molecular weight is 204 g/mol. The Bertz CT molecular complexity index is 408. The number of nitrogens with two attached hydrogens (primary N) is 1. The maximum Gasteiger partial charge on any atom is 0.0737 e. The second kappa shape index (κ2) is 3.90. The quantitative estimate of drug-likeness (QED) is 0.816. The van der Waals surface area contributed by atoms with Crippen molar-refractivity contribution in [1.29, 1.82) is 0 Å². The first kappa shape index (κ1) is 9.37. The molecule has 2 N–H and O–H groups in total. The predicted octanol–water partition coefficient (Wildman–Crippen LogP) is 2.50. The molecule has 14 heavy (non-hydrogen) atoms. The third kappa shape index (κ3) is 1.69. The number of pyridine rings is 1. The molecule has 72 valence electrons. The summed E-state index contributed by atoms with van der Waals surface area (Å²) in [6, 6.07) is 7.80. The van der Waals surface area contributed by atoms with Crippen molar-refractivity contribution in [2.45, 2.75) is 13.0 Å². The molecule has 2 nitrogen and oxygen atoms in total. The number of hydrogen-bond acceptors (Lipinski definition) is 3. The summed E-state index contributed by atoms with van der Waals surface area (Å²) in [4.78, 5) is 5.52. The molecule has 2 aromatic rings. The lowest BCUT2D eigenvalue weighted by Gasteiger charge is -2.10. The van der Waals surface area contributed by atoms with Crippen LogP contribution in [0.4, 0.5) is 0 Å². The molecule has 0 bridgehead atoms. The van der Waals surface area contributed by atoms with Gasteiger partial charge in [0.2, 0.25) is 0 Å². The first-order chi connectivity index (χ1) is 6.79. The van der Waals surface area contributed by atoms with E-state index in [1.165, 1.54) is 10.4 Å². The third-order valence-electron chi connectivity index (χ3n) is 2.24. The lowest BCUT2D eigenvalue weighted by atomic mass is 10.1. The van der Waals surface area contributed by atoms with Crippen molar-refractivity contribution in [3.8, 4) is 0 Å². The van der Waals surface area contributed by atoms with Gasteiger partial charge in [-0.05, 0) is 36.1 Å². The monoisotopic (exact) mass is 204 g/mol. The van der Waals surface area contributed by atoms with E-state index in [9.17, 15) is 0 Å². The summed E-state index contributed by atoms with van der Waals surface area (Å²) >= 11 is 1.72. The Hall–Kier alpha value is -1.19. The smallest absolute Gasteiger partial charge is 0.0737 e. The van der Waals surface area contributed by atoms with Crippen LogP contribution >= 0.6 is 11.3 Å². The SMILES string of the molecule is Cc1sccc1C(N)c1ccccn1. The highest BCUT2D eigenvalue weighted by Gasteiger charge is 2.12. The number of thiophene rings is 1. The van der Waals surface area contributed by atoms with Gasteiger partial charge in [0.15, 0.2) is 0 Å². The number of aromatic nitrogens is 1. The third-order valence-corrected chi connectivity index (χ3v) is 3.10. The molecule has 0 saturated carbocycles. The van der Waals surface area contributed by atoms with Crippen LogP contribution in [0.2, 0.25) is 0 Å². The summed E-state index contributed by atoms with van der Waals surface area (Å²) in [5.41, 5.74) is 8.21. The first-order valence-corrected chi connectivity index (χ1v) is 5.37. The molecule has 0 aliphatic rings. The predicted molar refractivity (Wildman–Crippen MR) is 59.3 cm³/mol. The van der Waals surface area contributed by atoms with Crippen molar-refractivity contribution in [1.82, 2.24) is 4.98 Å². The molecule has 0 aromatic carbocycles. The Balaban J connectivity index is 2.34. The van der Waals surface area contributed by atoms with Crippen LogP contribution in [0.15, 0.2) is 35.8 Å². The van der Waals surface area contributed by atoms with E-state index in [-0.39, 0.29) is 6.04 Å². The minimum absolute atomic E-state index is 0.0950. The molecule has 1 unspecified atom stereocenters. The Morgan fingerprint density at radius 3 is 2.79 bits per heavy atom. The average Bonchev–Trinajstić information content (AvgIpc) is 2.65. The van der Waals surface area contributed by atoms with E-state index in [1.54, 1.807) is 17.5 Å². The summed E-state index contributed by atoms with van der Waals surface area (Å²) in [5, 5.41) is 2.06. The van der Waals surface area contributed by atoms with Gasteiger partial charge in [0.1, 0.15) is 0 Å². The van der Waals surface area contributed by atoms with Gasteiger partial charge in [0.05, 0.1) is 11.7 Å². The fraction of sp³-hybridized carbons (Fsp3) is 0.182. The molecule has 2 rings (SSSR count). The summed E-state index contributed by atoms with van der Waals surface area (Å²) in [6.45, 7) is 2.09. The standard InChI is InChI=1S/C11H12N2S/c1-8-9(5-7-14-8)11(12)10-4-2-3-6-13-10/h2-7,11H,12H2,1H3. The van der Waals surface area contributed by atoms with Gasteiger partial charge in [0, 0.05) is 11.1 Å². The Labute approximate surface area is 87.4 Å². The number of hydrogen-bond donors (Lipinski definition) is 1. The van der Waals surface area contributed by atoms with Crippen molar-refractivity contribution < 1.29 is 0 Å². The molecule has 0 spiro atoms. The summed E-state index contributed by atoms with van der Waals surface area (Å²) in [6.07, 6.45) is 1.77. The Morgan fingerprint density at radius 1 is 1.36 bits per heavy atom. The van der Waals surface area contributed by atoms with Gasteiger partial charge in [-0.3, -0.25) is 4.98 Å². The van der Waals surface area contributed by atoms with E-state index in [2.05, 4.69) is 23.4 Å². The van der Waals surface area contributed by atoms with E-state index in [1.807, 2.05) is 18.2 Å². The van der Waals surface area contributed by atoms with Crippen LogP contribution < -0.4 is 5.73 Å². The van der Waals surface area contributed by atoms with E-state index >= 15 is 0 Å². The molecular formula is C11H12N2S. The lowest BCUT2D eigenvalue weighted by Crippen LogP contribution is -2.13. The van der Waals surface area contributed by atoms with Crippen LogP contribution in [0, 0.1) is 6.92 Å². The second-order valence-corrected chi connectivity index (χ2v) is 4.28. The Kier molecular flexibility index (Phi) is 2.61. The molecule has 0 fully saturated rings.